The molecule has 0 aromatic heterocycles. The first-order chi connectivity index (χ1) is 7.65. The van der Waals surface area contributed by atoms with Gasteiger partial charge in [-0.15, -0.1) is 0 Å². The van der Waals surface area contributed by atoms with Gasteiger partial charge in [0.1, 0.15) is 0 Å². The fraction of sp³-hybridized carbons (Fsp3) is 0.818. The van der Waals surface area contributed by atoms with Gasteiger partial charge in [0.15, 0.2) is 0 Å². The molecule has 1 saturated carbocycles. The van der Waals surface area contributed by atoms with Gasteiger partial charge in [0.05, 0.1) is 6.54 Å². The van der Waals surface area contributed by atoms with Crippen molar-refractivity contribution in [2.75, 3.05) is 19.6 Å². The molecule has 0 aromatic carbocycles. The summed E-state index contributed by atoms with van der Waals surface area (Å²) in [6.45, 7) is 1.52. The molecule has 0 aromatic rings. The Labute approximate surface area is 94.8 Å². The summed E-state index contributed by atoms with van der Waals surface area (Å²) >= 11 is 0. The Morgan fingerprint density at radius 1 is 1.31 bits per heavy atom. The van der Waals surface area contributed by atoms with Gasteiger partial charge in [-0.2, -0.15) is 0 Å². The van der Waals surface area contributed by atoms with Gasteiger partial charge in [-0.05, 0) is 19.3 Å². The molecular formula is C11H18N2O3. The number of likely N-dealkylation sites (tertiary alicyclic amines) is 1. The molecule has 16 heavy (non-hydrogen) atoms. The number of hydrogen-bond acceptors (Lipinski definition) is 3. The van der Waals surface area contributed by atoms with Gasteiger partial charge in [-0.25, -0.2) is 0 Å². The average molecular weight is 226 g/mol. The van der Waals surface area contributed by atoms with Crippen LogP contribution in [0.2, 0.25) is 0 Å². The number of nitrogens with one attached hydrogen (secondary N) is 1. The second kappa shape index (κ2) is 4.82. The zero-order valence-corrected chi connectivity index (χ0v) is 9.32. The van der Waals surface area contributed by atoms with E-state index in [0.717, 1.165) is 32.2 Å². The van der Waals surface area contributed by atoms with E-state index in [2.05, 4.69) is 5.32 Å². The van der Waals surface area contributed by atoms with Crippen molar-refractivity contribution in [3.63, 3.8) is 0 Å². The van der Waals surface area contributed by atoms with Crippen molar-refractivity contribution in [3.8, 4) is 0 Å². The zero-order chi connectivity index (χ0) is 11.5. The third kappa shape index (κ3) is 2.72. The van der Waals surface area contributed by atoms with Crippen LogP contribution in [0.5, 0.6) is 0 Å². The first-order valence-electron chi connectivity index (χ1n) is 5.89. The molecule has 0 spiro atoms. The van der Waals surface area contributed by atoms with Crippen LogP contribution in [0, 0.1) is 5.92 Å². The lowest BCUT2D eigenvalue weighted by molar-refractivity contribution is -0.138. The van der Waals surface area contributed by atoms with Crippen LogP contribution >= 0.6 is 0 Å². The number of aliphatic carboxylic acids is 1. The Bertz CT molecular complexity index is 289. The Hall–Kier alpha value is -1.10. The van der Waals surface area contributed by atoms with E-state index in [1.54, 1.807) is 0 Å². The van der Waals surface area contributed by atoms with Gasteiger partial charge in [0.2, 0.25) is 5.91 Å². The Balaban J connectivity index is 1.71. The fourth-order valence-electron chi connectivity index (χ4n) is 2.27. The normalized spacial score (nSPS) is 26.4. The summed E-state index contributed by atoms with van der Waals surface area (Å²) in [6.07, 6.45) is 4.05. The summed E-state index contributed by atoms with van der Waals surface area (Å²) in [5, 5.41) is 11.7. The van der Waals surface area contributed by atoms with Crippen molar-refractivity contribution >= 4 is 11.9 Å². The van der Waals surface area contributed by atoms with Gasteiger partial charge in [0, 0.05) is 25.0 Å². The predicted molar refractivity (Wildman–Crippen MR) is 58.0 cm³/mol. The minimum atomic E-state index is -0.800. The van der Waals surface area contributed by atoms with Gasteiger partial charge in [-0.1, -0.05) is 6.42 Å². The summed E-state index contributed by atoms with van der Waals surface area (Å²) in [4.78, 5) is 24.1. The van der Waals surface area contributed by atoms with E-state index < -0.39 is 5.97 Å². The summed E-state index contributed by atoms with van der Waals surface area (Å²) < 4.78 is 0. The van der Waals surface area contributed by atoms with Gasteiger partial charge in [0.25, 0.3) is 0 Å². The van der Waals surface area contributed by atoms with E-state index in [-0.39, 0.29) is 24.4 Å². The SMILES string of the molecule is O=C(O)CN1CC[C@@H](NC(=O)C2CCC2)C1. The lowest BCUT2D eigenvalue weighted by Gasteiger charge is -2.26. The highest BCUT2D eigenvalue weighted by Gasteiger charge is 2.30. The Morgan fingerprint density at radius 2 is 2.06 bits per heavy atom. The quantitative estimate of drug-likeness (QED) is 0.711. The molecule has 2 rings (SSSR count). The van der Waals surface area contributed by atoms with Gasteiger partial charge in [-0.3, -0.25) is 14.5 Å². The van der Waals surface area contributed by atoms with Crippen LogP contribution in [0.1, 0.15) is 25.7 Å². The number of hydrogen-bond donors (Lipinski definition) is 2. The number of carbonyl (C=O) groups excluding carboxylic acids is 1. The third-order valence-electron chi connectivity index (χ3n) is 3.45. The number of nitrogens with zero attached hydrogens (tertiary/aromatic N) is 1. The van der Waals surface area contributed by atoms with Crippen molar-refractivity contribution in [2.24, 2.45) is 5.92 Å². The summed E-state index contributed by atoms with van der Waals surface area (Å²) in [5.74, 6) is -0.423. The predicted octanol–water partition coefficient (Wildman–Crippen LogP) is 0.0616. The van der Waals surface area contributed by atoms with Crippen LogP contribution in [-0.4, -0.2) is 47.6 Å². The minimum Gasteiger partial charge on any atom is -0.480 e. The molecule has 1 amide bonds. The van der Waals surface area contributed by atoms with Crippen molar-refractivity contribution in [1.82, 2.24) is 10.2 Å². The molecule has 1 atom stereocenters. The summed E-state index contributed by atoms with van der Waals surface area (Å²) in [5.41, 5.74) is 0. The van der Waals surface area contributed by atoms with E-state index in [0.29, 0.717) is 6.54 Å². The van der Waals surface area contributed by atoms with Crippen molar-refractivity contribution in [3.05, 3.63) is 0 Å². The molecule has 0 bridgehead atoms. The number of carboxylic acid groups (broad SMARTS) is 1. The molecule has 2 fully saturated rings. The maximum Gasteiger partial charge on any atom is 0.317 e. The second-order valence-electron chi connectivity index (χ2n) is 4.75. The van der Waals surface area contributed by atoms with Crippen LogP contribution in [0.3, 0.4) is 0 Å². The molecule has 5 heteroatoms. The Morgan fingerprint density at radius 3 is 2.62 bits per heavy atom. The van der Waals surface area contributed by atoms with Crippen LogP contribution in [0.4, 0.5) is 0 Å². The van der Waals surface area contributed by atoms with E-state index in [4.69, 9.17) is 5.11 Å². The molecule has 0 unspecified atom stereocenters. The van der Waals surface area contributed by atoms with Gasteiger partial charge >= 0.3 is 5.97 Å². The fourth-order valence-corrected chi connectivity index (χ4v) is 2.27. The average Bonchev–Trinajstić information content (AvgIpc) is 2.47. The van der Waals surface area contributed by atoms with Crippen molar-refractivity contribution < 1.29 is 14.7 Å². The molecule has 2 aliphatic rings. The van der Waals surface area contributed by atoms with Gasteiger partial charge < -0.3 is 10.4 Å². The summed E-state index contributed by atoms with van der Waals surface area (Å²) in [7, 11) is 0. The standard InChI is InChI=1S/C11H18N2O3/c14-10(15)7-13-5-4-9(6-13)12-11(16)8-2-1-3-8/h8-9H,1-7H2,(H,12,16)(H,14,15)/t9-/m1/s1. The minimum absolute atomic E-state index is 0.0792. The molecule has 1 aliphatic heterocycles. The van der Waals surface area contributed by atoms with Crippen LogP contribution in [0.15, 0.2) is 0 Å². The topological polar surface area (TPSA) is 69.6 Å². The molecule has 1 saturated heterocycles. The maximum atomic E-state index is 11.7. The van der Waals surface area contributed by atoms with E-state index >= 15 is 0 Å². The molecule has 5 nitrogen and oxygen atoms in total. The summed E-state index contributed by atoms with van der Waals surface area (Å²) in [6, 6.07) is 0.146. The lowest BCUT2D eigenvalue weighted by atomic mass is 9.84. The van der Waals surface area contributed by atoms with E-state index in [1.165, 1.54) is 0 Å². The van der Waals surface area contributed by atoms with Crippen molar-refractivity contribution in [2.45, 2.75) is 31.7 Å². The van der Waals surface area contributed by atoms with E-state index in [9.17, 15) is 9.59 Å². The highest BCUT2D eigenvalue weighted by Crippen LogP contribution is 2.26. The Kier molecular flexibility index (Phi) is 3.43. The molecular weight excluding hydrogens is 208 g/mol. The number of carboxylic acids is 1. The van der Waals surface area contributed by atoms with Crippen molar-refractivity contribution in [1.29, 1.82) is 0 Å². The van der Waals surface area contributed by atoms with E-state index in [1.807, 2.05) is 4.90 Å². The number of carbonyl (C=O) groups is 2. The van der Waals surface area contributed by atoms with Crippen LogP contribution < -0.4 is 5.32 Å². The smallest absolute Gasteiger partial charge is 0.317 e. The lowest BCUT2D eigenvalue weighted by Crippen LogP contribution is -2.42. The van der Waals surface area contributed by atoms with Crippen LogP contribution in [0.25, 0.3) is 0 Å². The molecule has 1 aliphatic carbocycles. The largest absolute Gasteiger partial charge is 0.480 e. The second-order valence-corrected chi connectivity index (χ2v) is 4.75. The van der Waals surface area contributed by atoms with Crippen LogP contribution in [-0.2, 0) is 9.59 Å². The third-order valence-corrected chi connectivity index (χ3v) is 3.45. The monoisotopic (exact) mass is 226 g/mol. The first kappa shape index (κ1) is 11.4. The highest BCUT2D eigenvalue weighted by molar-refractivity contribution is 5.79. The zero-order valence-electron chi connectivity index (χ0n) is 9.32. The first-order valence-corrected chi connectivity index (χ1v) is 5.89. The molecule has 2 N–H and O–H groups in total. The number of rotatable bonds is 4. The maximum absolute atomic E-state index is 11.7. The molecule has 90 valence electrons. The highest BCUT2D eigenvalue weighted by atomic mass is 16.4. The molecule has 0 radical (unpaired) electrons. The molecule has 1 heterocycles. The number of amides is 1.